The van der Waals surface area contributed by atoms with Crippen molar-refractivity contribution in [3.8, 4) is 0 Å². The molecule has 1 aromatic rings. The van der Waals surface area contributed by atoms with Gasteiger partial charge in [0.15, 0.2) is 0 Å². The molecule has 1 unspecified atom stereocenters. The third-order valence-corrected chi connectivity index (χ3v) is 2.71. The monoisotopic (exact) mass is 271 g/mol. The van der Waals surface area contributed by atoms with Gasteiger partial charge in [0.05, 0.1) is 6.04 Å². The van der Waals surface area contributed by atoms with Crippen LogP contribution < -0.4 is 16.0 Å². The number of carbonyl (C=O) groups is 1. The molecular weight excluding hydrogens is 250 g/mol. The summed E-state index contributed by atoms with van der Waals surface area (Å²) in [4.78, 5) is 13.6. The zero-order chi connectivity index (χ0) is 13.0. The maximum atomic E-state index is 11.5. The molecule has 0 aliphatic carbocycles. The zero-order valence-corrected chi connectivity index (χ0v) is 12.1. The van der Waals surface area contributed by atoms with Crippen LogP contribution >= 0.6 is 12.4 Å². The van der Waals surface area contributed by atoms with Crippen LogP contribution in [0.2, 0.25) is 0 Å². The first kappa shape index (κ1) is 16.7. The highest BCUT2D eigenvalue weighted by Gasteiger charge is 2.09. The molecule has 1 amide bonds. The average molecular weight is 272 g/mol. The summed E-state index contributed by atoms with van der Waals surface area (Å²) in [5.41, 5.74) is 7.35. The van der Waals surface area contributed by atoms with Gasteiger partial charge in [0.2, 0.25) is 5.91 Å². The number of rotatable bonds is 4. The number of amides is 1. The van der Waals surface area contributed by atoms with Gasteiger partial charge >= 0.3 is 0 Å². The molecule has 1 rings (SSSR count). The maximum absolute atomic E-state index is 11.5. The van der Waals surface area contributed by atoms with Gasteiger partial charge in [0.25, 0.3) is 0 Å². The van der Waals surface area contributed by atoms with Crippen molar-refractivity contribution in [3.63, 3.8) is 0 Å². The second-order valence-corrected chi connectivity index (χ2v) is 4.53. The summed E-state index contributed by atoms with van der Waals surface area (Å²) in [6.07, 6.45) is 0. The van der Waals surface area contributed by atoms with Crippen molar-refractivity contribution in [1.82, 2.24) is 0 Å². The molecule has 18 heavy (non-hydrogen) atoms. The molecule has 0 aliphatic rings. The smallest absolute Gasteiger partial charge is 0.240 e. The van der Waals surface area contributed by atoms with Crippen LogP contribution in [0.15, 0.2) is 24.3 Å². The van der Waals surface area contributed by atoms with Crippen LogP contribution in [0.3, 0.4) is 0 Å². The van der Waals surface area contributed by atoms with Gasteiger partial charge < -0.3 is 16.0 Å². The maximum Gasteiger partial charge on any atom is 0.240 e. The zero-order valence-electron chi connectivity index (χ0n) is 11.3. The number of carbonyl (C=O) groups excluding carboxylic acids is 1. The van der Waals surface area contributed by atoms with Gasteiger partial charge in [-0.3, -0.25) is 4.79 Å². The minimum atomic E-state index is -0.499. The highest BCUT2D eigenvalue weighted by atomic mass is 35.5. The van der Waals surface area contributed by atoms with E-state index in [4.69, 9.17) is 5.73 Å². The number of hydrogen-bond acceptors (Lipinski definition) is 3. The molecule has 0 aromatic heterocycles. The molecule has 5 heteroatoms. The van der Waals surface area contributed by atoms with Crippen LogP contribution in [-0.2, 0) is 4.79 Å². The van der Waals surface area contributed by atoms with Crippen molar-refractivity contribution in [2.24, 2.45) is 5.73 Å². The number of nitrogens with two attached hydrogens (primary N) is 1. The van der Waals surface area contributed by atoms with Crippen molar-refractivity contribution in [2.45, 2.75) is 32.9 Å². The Balaban J connectivity index is 0.00000289. The fraction of sp³-hybridized carbons (Fsp3) is 0.462. The molecule has 1 atom stereocenters. The lowest BCUT2D eigenvalue weighted by molar-refractivity contribution is -0.117. The number of nitrogens with zero attached hydrogens (tertiary/aromatic N) is 1. The van der Waals surface area contributed by atoms with E-state index in [0.29, 0.717) is 6.04 Å². The Morgan fingerprint density at radius 2 is 1.94 bits per heavy atom. The Morgan fingerprint density at radius 1 is 1.33 bits per heavy atom. The van der Waals surface area contributed by atoms with Gasteiger partial charge in [-0.15, -0.1) is 12.4 Å². The predicted octanol–water partition coefficient (Wildman–Crippen LogP) is 2.24. The van der Waals surface area contributed by atoms with E-state index in [0.717, 1.165) is 11.4 Å². The van der Waals surface area contributed by atoms with Crippen LogP contribution in [-0.4, -0.2) is 25.0 Å². The van der Waals surface area contributed by atoms with Crippen LogP contribution in [0.5, 0.6) is 0 Å². The molecule has 0 aliphatic heterocycles. The van der Waals surface area contributed by atoms with E-state index in [-0.39, 0.29) is 18.3 Å². The molecule has 4 nitrogen and oxygen atoms in total. The molecule has 0 bridgehead atoms. The Hall–Kier alpha value is -1.26. The molecule has 0 saturated carbocycles. The molecule has 0 fully saturated rings. The number of nitrogens with one attached hydrogen (secondary N) is 1. The molecule has 0 heterocycles. The van der Waals surface area contributed by atoms with Gasteiger partial charge in [-0.1, -0.05) is 6.07 Å². The summed E-state index contributed by atoms with van der Waals surface area (Å²) in [6, 6.07) is 7.65. The van der Waals surface area contributed by atoms with Crippen LogP contribution in [0.1, 0.15) is 20.8 Å². The minimum absolute atomic E-state index is 0. The van der Waals surface area contributed by atoms with Gasteiger partial charge in [-0.2, -0.15) is 0 Å². The van der Waals surface area contributed by atoms with Gasteiger partial charge in [-0.05, 0) is 39.0 Å². The second kappa shape index (κ2) is 7.24. The van der Waals surface area contributed by atoms with E-state index < -0.39 is 6.04 Å². The van der Waals surface area contributed by atoms with Gasteiger partial charge in [0, 0.05) is 24.5 Å². The standard InChI is InChI=1S/C13H21N3O.ClH/c1-9(2)16(4)12-7-5-6-11(8-12)15-13(17)10(3)14;/h5-10H,14H2,1-4H3,(H,15,17);1H. The SMILES string of the molecule is CC(N)C(=O)Nc1cccc(N(C)C(C)C)c1.Cl. The topological polar surface area (TPSA) is 58.4 Å². The quantitative estimate of drug-likeness (QED) is 0.883. The Morgan fingerprint density at radius 3 is 2.44 bits per heavy atom. The van der Waals surface area contributed by atoms with Crippen molar-refractivity contribution in [1.29, 1.82) is 0 Å². The van der Waals surface area contributed by atoms with Crippen LogP contribution in [0.25, 0.3) is 0 Å². The molecule has 0 spiro atoms. The number of hydrogen-bond donors (Lipinski definition) is 2. The summed E-state index contributed by atoms with van der Waals surface area (Å²) in [5, 5.41) is 2.78. The largest absolute Gasteiger partial charge is 0.372 e. The lowest BCUT2D eigenvalue weighted by Gasteiger charge is -2.24. The number of anilines is 2. The van der Waals surface area contributed by atoms with E-state index in [1.165, 1.54) is 0 Å². The summed E-state index contributed by atoms with van der Waals surface area (Å²) in [7, 11) is 2.02. The van der Waals surface area contributed by atoms with Gasteiger partial charge in [-0.25, -0.2) is 0 Å². The molecule has 0 saturated heterocycles. The lowest BCUT2D eigenvalue weighted by Crippen LogP contribution is -2.32. The van der Waals surface area contributed by atoms with E-state index in [1.54, 1.807) is 6.92 Å². The first-order valence-electron chi connectivity index (χ1n) is 5.81. The molecule has 102 valence electrons. The third kappa shape index (κ3) is 4.55. The fourth-order valence-electron chi connectivity index (χ4n) is 1.36. The highest BCUT2D eigenvalue weighted by molar-refractivity contribution is 5.94. The lowest BCUT2D eigenvalue weighted by atomic mass is 10.2. The highest BCUT2D eigenvalue weighted by Crippen LogP contribution is 2.20. The Kier molecular flexibility index (Phi) is 6.73. The van der Waals surface area contributed by atoms with Crippen molar-refractivity contribution in [2.75, 3.05) is 17.3 Å². The van der Waals surface area contributed by atoms with Crippen LogP contribution in [0.4, 0.5) is 11.4 Å². The summed E-state index contributed by atoms with van der Waals surface area (Å²) in [5.74, 6) is -0.172. The van der Waals surface area contributed by atoms with Crippen molar-refractivity contribution < 1.29 is 4.79 Å². The first-order valence-corrected chi connectivity index (χ1v) is 5.81. The first-order chi connectivity index (χ1) is 7.91. The fourth-order valence-corrected chi connectivity index (χ4v) is 1.36. The summed E-state index contributed by atoms with van der Waals surface area (Å²) < 4.78 is 0. The summed E-state index contributed by atoms with van der Waals surface area (Å²) >= 11 is 0. The van der Waals surface area contributed by atoms with Crippen molar-refractivity contribution >= 4 is 29.7 Å². The Labute approximate surface area is 115 Å². The molecular formula is C13H22ClN3O. The van der Waals surface area contributed by atoms with E-state index in [2.05, 4.69) is 24.1 Å². The molecule has 3 N–H and O–H groups in total. The number of halogens is 1. The Bertz CT molecular complexity index is 394. The van der Waals surface area contributed by atoms with E-state index in [9.17, 15) is 4.79 Å². The molecule has 1 aromatic carbocycles. The molecule has 0 radical (unpaired) electrons. The third-order valence-electron chi connectivity index (χ3n) is 2.71. The van der Waals surface area contributed by atoms with Crippen LogP contribution in [0, 0.1) is 0 Å². The second-order valence-electron chi connectivity index (χ2n) is 4.53. The normalized spacial score (nSPS) is 11.7. The van der Waals surface area contributed by atoms with E-state index >= 15 is 0 Å². The van der Waals surface area contributed by atoms with Crippen molar-refractivity contribution in [3.05, 3.63) is 24.3 Å². The van der Waals surface area contributed by atoms with Gasteiger partial charge in [0.1, 0.15) is 0 Å². The predicted molar refractivity (Wildman–Crippen MR) is 79.5 cm³/mol. The minimum Gasteiger partial charge on any atom is -0.372 e. The average Bonchev–Trinajstić information content (AvgIpc) is 2.28. The summed E-state index contributed by atoms with van der Waals surface area (Å²) in [6.45, 7) is 5.90. The number of benzene rings is 1. The van der Waals surface area contributed by atoms with E-state index in [1.807, 2.05) is 31.3 Å².